The first-order valence-corrected chi connectivity index (χ1v) is 13.3. The highest BCUT2D eigenvalue weighted by Gasteiger charge is 2.34. The molecule has 2 atom stereocenters. The third-order valence-corrected chi connectivity index (χ3v) is 7.54. The minimum atomic E-state index is -0.601. The van der Waals surface area contributed by atoms with Crippen molar-refractivity contribution >= 4 is 35.0 Å². The van der Waals surface area contributed by atoms with Crippen LogP contribution in [0.15, 0.2) is 109 Å². The number of hydrogen-bond acceptors (Lipinski definition) is 2. The van der Waals surface area contributed by atoms with Gasteiger partial charge in [0, 0.05) is 23.1 Å². The first kappa shape index (κ1) is 27.4. The Balaban J connectivity index is 1.72. The van der Waals surface area contributed by atoms with Gasteiger partial charge in [-0.1, -0.05) is 120 Å². The molecule has 4 nitrogen and oxygen atoms in total. The largest absolute Gasteiger partial charge is 0.323 e. The van der Waals surface area contributed by atoms with Crippen LogP contribution in [0.2, 0.25) is 10.0 Å². The monoisotopic (exact) mass is 544 g/mol. The standard InChI is InChI=1S/C32H30Cl2N2O2/c1-23(25-13-5-3-6-14-25)35(21-27-17-9-11-19-29(27)33)31(37)32(38)36(22-28-18-10-12-20-30(28)34)24(2)26-15-7-4-8-16-26/h3-20,23-24H,21-22H2,1-2H3/t23-,24-/m0/s1. The van der Waals surface area contributed by atoms with Gasteiger partial charge in [-0.2, -0.15) is 0 Å². The van der Waals surface area contributed by atoms with E-state index in [9.17, 15) is 9.59 Å². The lowest BCUT2D eigenvalue weighted by Crippen LogP contribution is -2.46. The summed E-state index contributed by atoms with van der Waals surface area (Å²) in [4.78, 5) is 31.4. The molecule has 0 radical (unpaired) electrons. The van der Waals surface area contributed by atoms with Crippen LogP contribution >= 0.6 is 23.2 Å². The fourth-order valence-corrected chi connectivity index (χ4v) is 4.85. The van der Waals surface area contributed by atoms with Crippen LogP contribution in [0, 0.1) is 0 Å². The fourth-order valence-electron chi connectivity index (χ4n) is 4.46. The van der Waals surface area contributed by atoms with Crippen LogP contribution in [0.1, 0.15) is 48.2 Å². The van der Waals surface area contributed by atoms with E-state index in [0.717, 1.165) is 22.3 Å². The van der Waals surface area contributed by atoms with Crippen LogP contribution in [0.4, 0.5) is 0 Å². The van der Waals surface area contributed by atoms with Gasteiger partial charge in [-0.25, -0.2) is 0 Å². The van der Waals surface area contributed by atoms with Crippen molar-refractivity contribution in [3.05, 3.63) is 141 Å². The number of nitrogens with zero attached hydrogens (tertiary/aromatic N) is 2. The first-order chi connectivity index (χ1) is 18.4. The summed E-state index contributed by atoms with van der Waals surface area (Å²) in [5.74, 6) is -1.20. The van der Waals surface area contributed by atoms with Crippen molar-refractivity contribution in [1.29, 1.82) is 0 Å². The Morgan fingerprint density at radius 1 is 0.553 bits per heavy atom. The van der Waals surface area contributed by atoms with Gasteiger partial charge in [0.1, 0.15) is 0 Å². The van der Waals surface area contributed by atoms with E-state index in [-0.39, 0.29) is 25.2 Å². The van der Waals surface area contributed by atoms with Crippen molar-refractivity contribution in [2.75, 3.05) is 0 Å². The van der Waals surface area contributed by atoms with Crippen LogP contribution in [0.3, 0.4) is 0 Å². The Bertz CT molecular complexity index is 1270. The molecular weight excluding hydrogens is 515 g/mol. The molecule has 194 valence electrons. The second-order valence-corrected chi connectivity index (χ2v) is 10.0. The molecule has 0 unspecified atom stereocenters. The Morgan fingerprint density at radius 2 is 0.868 bits per heavy atom. The predicted molar refractivity (Wildman–Crippen MR) is 154 cm³/mol. The molecule has 38 heavy (non-hydrogen) atoms. The minimum Gasteiger partial charge on any atom is -0.323 e. The van der Waals surface area contributed by atoms with Gasteiger partial charge in [0.15, 0.2) is 0 Å². The van der Waals surface area contributed by atoms with E-state index in [1.807, 2.05) is 111 Å². The average Bonchev–Trinajstić information content (AvgIpc) is 2.96. The molecule has 4 aromatic carbocycles. The molecule has 4 rings (SSSR count). The van der Waals surface area contributed by atoms with E-state index in [4.69, 9.17) is 23.2 Å². The van der Waals surface area contributed by atoms with Crippen molar-refractivity contribution < 1.29 is 9.59 Å². The van der Waals surface area contributed by atoms with E-state index in [2.05, 4.69) is 0 Å². The summed E-state index contributed by atoms with van der Waals surface area (Å²) in [6.45, 7) is 4.24. The lowest BCUT2D eigenvalue weighted by atomic mass is 10.0. The Hall–Kier alpha value is -3.60. The summed E-state index contributed by atoms with van der Waals surface area (Å²) >= 11 is 12.9. The number of carbonyl (C=O) groups excluding carboxylic acids is 2. The second-order valence-electron chi connectivity index (χ2n) is 9.22. The summed E-state index contributed by atoms with van der Waals surface area (Å²) in [6.07, 6.45) is 0. The molecule has 2 amide bonds. The number of rotatable bonds is 8. The van der Waals surface area contributed by atoms with E-state index >= 15 is 0 Å². The van der Waals surface area contributed by atoms with Crippen molar-refractivity contribution in [2.24, 2.45) is 0 Å². The average molecular weight is 546 g/mol. The Labute approximate surface area is 234 Å². The predicted octanol–water partition coefficient (Wildman–Crippen LogP) is 7.87. The van der Waals surface area contributed by atoms with Gasteiger partial charge >= 0.3 is 11.8 Å². The third kappa shape index (κ3) is 6.45. The van der Waals surface area contributed by atoms with Crippen molar-refractivity contribution in [2.45, 2.75) is 39.0 Å². The maximum atomic E-state index is 14.1. The van der Waals surface area contributed by atoms with E-state index < -0.39 is 11.8 Å². The Morgan fingerprint density at radius 3 is 1.21 bits per heavy atom. The highest BCUT2D eigenvalue weighted by Crippen LogP contribution is 2.29. The van der Waals surface area contributed by atoms with Gasteiger partial charge in [-0.05, 0) is 48.2 Å². The molecule has 0 spiro atoms. The summed E-state index contributed by atoms with van der Waals surface area (Å²) in [6, 6.07) is 33.4. The number of carbonyl (C=O) groups is 2. The second kappa shape index (κ2) is 12.8. The molecule has 4 aromatic rings. The zero-order chi connectivity index (χ0) is 27.1. The molecule has 0 N–H and O–H groups in total. The van der Waals surface area contributed by atoms with Crippen molar-refractivity contribution in [3.63, 3.8) is 0 Å². The zero-order valence-corrected chi connectivity index (χ0v) is 22.9. The normalized spacial score (nSPS) is 12.4. The molecule has 0 heterocycles. The van der Waals surface area contributed by atoms with E-state index in [1.54, 1.807) is 21.9 Å². The zero-order valence-electron chi connectivity index (χ0n) is 21.4. The summed E-state index contributed by atoms with van der Waals surface area (Å²) in [7, 11) is 0. The number of amides is 2. The molecular formula is C32H30Cl2N2O2. The molecule has 0 aliphatic heterocycles. The van der Waals surface area contributed by atoms with Crippen LogP contribution < -0.4 is 0 Å². The topological polar surface area (TPSA) is 40.6 Å². The molecule has 0 saturated carbocycles. The van der Waals surface area contributed by atoms with Crippen molar-refractivity contribution in [1.82, 2.24) is 9.80 Å². The van der Waals surface area contributed by atoms with Gasteiger partial charge in [0.2, 0.25) is 0 Å². The Kier molecular flexibility index (Phi) is 9.22. The lowest BCUT2D eigenvalue weighted by molar-refractivity contribution is -0.155. The van der Waals surface area contributed by atoms with Crippen LogP contribution in [-0.4, -0.2) is 21.6 Å². The molecule has 0 aliphatic rings. The SMILES string of the molecule is C[C@@H](c1ccccc1)N(Cc1ccccc1Cl)C(=O)C(=O)N(Cc1ccccc1Cl)[C@@H](C)c1ccccc1. The van der Waals surface area contributed by atoms with Gasteiger partial charge in [-0.15, -0.1) is 0 Å². The van der Waals surface area contributed by atoms with E-state index in [1.165, 1.54) is 0 Å². The molecule has 0 fully saturated rings. The minimum absolute atomic E-state index is 0.194. The van der Waals surface area contributed by atoms with Crippen LogP contribution in [0.25, 0.3) is 0 Å². The van der Waals surface area contributed by atoms with Gasteiger partial charge in [0.25, 0.3) is 0 Å². The summed E-state index contributed by atoms with van der Waals surface area (Å²) in [5, 5.41) is 1.09. The summed E-state index contributed by atoms with van der Waals surface area (Å²) in [5.41, 5.74) is 3.39. The lowest BCUT2D eigenvalue weighted by Gasteiger charge is -2.34. The van der Waals surface area contributed by atoms with Gasteiger partial charge in [-0.3, -0.25) is 9.59 Å². The number of hydrogen-bond donors (Lipinski definition) is 0. The number of halogens is 2. The highest BCUT2D eigenvalue weighted by molar-refractivity contribution is 6.35. The van der Waals surface area contributed by atoms with Gasteiger partial charge in [0.05, 0.1) is 12.1 Å². The van der Waals surface area contributed by atoms with Crippen molar-refractivity contribution in [3.8, 4) is 0 Å². The smallest absolute Gasteiger partial charge is 0.312 e. The highest BCUT2D eigenvalue weighted by atomic mass is 35.5. The van der Waals surface area contributed by atoms with Crippen LogP contribution in [-0.2, 0) is 22.7 Å². The quantitative estimate of drug-likeness (QED) is 0.212. The third-order valence-electron chi connectivity index (χ3n) is 6.80. The van der Waals surface area contributed by atoms with E-state index in [0.29, 0.717) is 10.0 Å². The maximum absolute atomic E-state index is 14.1. The molecule has 0 bridgehead atoms. The molecule has 0 aliphatic carbocycles. The van der Waals surface area contributed by atoms with Gasteiger partial charge < -0.3 is 9.80 Å². The fraction of sp³-hybridized carbons (Fsp3) is 0.188. The maximum Gasteiger partial charge on any atom is 0.312 e. The molecule has 0 saturated heterocycles. The number of benzene rings is 4. The van der Waals surface area contributed by atoms with Crippen LogP contribution in [0.5, 0.6) is 0 Å². The first-order valence-electron chi connectivity index (χ1n) is 12.5. The molecule has 6 heteroatoms. The summed E-state index contributed by atoms with van der Waals surface area (Å²) < 4.78 is 0. The molecule has 0 aromatic heterocycles.